The van der Waals surface area contributed by atoms with Gasteiger partial charge in [-0.3, -0.25) is 0 Å². The number of rotatable bonds is 4. The van der Waals surface area contributed by atoms with Gasteiger partial charge in [-0.05, 0) is 81.2 Å². The molecule has 1 atom stereocenters. The predicted octanol–water partition coefficient (Wildman–Crippen LogP) is 12.0. The molecule has 11 rings (SSSR count). The SMILES string of the molecule is c1ccc2cc(C3=NC(c4ccc(-c5ccc6ccccc6c5)c5oc6ccccc6c45)=NC(c4ccc5oc6ccccc6c5c4)N3)ccc2c1. The molecule has 0 saturated carbocycles. The molecule has 2 aromatic heterocycles. The smallest absolute Gasteiger partial charge is 0.160 e. The number of amidine groups is 2. The van der Waals surface area contributed by atoms with E-state index < -0.39 is 6.17 Å². The van der Waals surface area contributed by atoms with E-state index in [1.807, 2.05) is 36.4 Å². The Bertz CT molecular complexity index is 3130. The van der Waals surface area contributed by atoms with E-state index in [2.05, 4.69) is 133 Å². The number of nitrogens with zero attached hydrogens (tertiary/aromatic N) is 2. The minimum Gasteiger partial charge on any atom is -0.456 e. The zero-order valence-corrected chi connectivity index (χ0v) is 27.9. The predicted molar refractivity (Wildman–Crippen MR) is 213 cm³/mol. The van der Waals surface area contributed by atoms with Crippen molar-refractivity contribution in [2.75, 3.05) is 0 Å². The second-order valence-corrected chi connectivity index (χ2v) is 13.4. The van der Waals surface area contributed by atoms with Crippen molar-refractivity contribution in [3.05, 3.63) is 180 Å². The fourth-order valence-electron chi connectivity index (χ4n) is 7.74. The lowest BCUT2D eigenvalue weighted by Gasteiger charge is -2.24. The monoisotopic (exact) mass is 667 g/mol. The van der Waals surface area contributed by atoms with Crippen LogP contribution in [0.4, 0.5) is 0 Å². The average molecular weight is 668 g/mol. The Kier molecular flexibility index (Phi) is 6.25. The van der Waals surface area contributed by atoms with Gasteiger partial charge in [0, 0.05) is 38.2 Å². The Morgan fingerprint density at radius 2 is 1.08 bits per heavy atom. The third-order valence-electron chi connectivity index (χ3n) is 10.3. The molecule has 1 unspecified atom stereocenters. The van der Waals surface area contributed by atoms with Crippen molar-refractivity contribution >= 4 is 77.1 Å². The normalized spacial score (nSPS) is 14.7. The molecule has 5 heteroatoms. The quantitative estimate of drug-likeness (QED) is 0.203. The van der Waals surface area contributed by atoms with E-state index in [-0.39, 0.29) is 0 Å². The molecule has 1 aliphatic rings. The number of hydrogen-bond donors (Lipinski definition) is 1. The van der Waals surface area contributed by atoms with E-state index in [1.54, 1.807) is 0 Å². The second-order valence-electron chi connectivity index (χ2n) is 13.4. The summed E-state index contributed by atoms with van der Waals surface area (Å²) in [5.41, 5.74) is 8.43. The number of para-hydroxylation sites is 2. The molecular weight excluding hydrogens is 639 g/mol. The van der Waals surface area contributed by atoms with Crippen molar-refractivity contribution in [1.29, 1.82) is 0 Å². The first-order chi connectivity index (χ1) is 25.7. The van der Waals surface area contributed by atoms with Gasteiger partial charge in [-0.25, -0.2) is 9.98 Å². The summed E-state index contributed by atoms with van der Waals surface area (Å²) in [6.45, 7) is 0. The molecule has 0 fully saturated rings. The van der Waals surface area contributed by atoms with Crippen LogP contribution in [0.15, 0.2) is 183 Å². The Hall–Kier alpha value is -6.98. The zero-order valence-electron chi connectivity index (χ0n) is 27.9. The van der Waals surface area contributed by atoms with Gasteiger partial charge in [0.25, 0.3) is 0 Å². The zero-order chi connectivity index (χ0) is 34.2. The molecule has 0 amide bonds. The van der Waals surface area contributed by atoms with E-state index in [0.29, 0.717) is 5.84 Å². The largest absolute Gasteiger partial charge is 0.456 e. The lowest BCUT2D eigenvalue weighted by Crippen LogP contribution is -2.33. The standard InChI is InChI=1S/C47H29N3O2/c1-3-11-30-25-32(19-17-28(30)9-1)35-22-23-38(43-37-14-6-8-16-41(37)52-44(35)43)47-49-45(33-20-18-29-10-2-4-12-31(29)26-33)48-46(50-47)34-21-24-42-39(27-34)36-13-5-7-15-40(36)51-42/h1-27,46H,(H,48,49,50). The molecule has 52 heavy (non-hydrogen) atoms. The number of aliphatic imine (C=N–C) groups is 2. The molecule has 1 aliphatic heterocycles. The minimum absolute atomic E-state index is 0.402. The number of hydrogen-bond acceptors (Lipinski definition) is 5. The fraction of sp³-hybridized carbons (Fsp3) is 0.0213. The minimum atomic E-state index is -0.402. The molecule has 0 saturated heterocycles. The van der Waals surface area contributed by atoms with Crippen LogP contribution in [0.1, 0.15) is 22.9 Å². The molecule has 0 radical (unpaired) electrons. The summed E-state index contributed by atoms with van der Waals surface area (Å²) in [4.78, 5) is 10.6. The first-order valence-corrected chi connectivity index (χ1v) is 17.5. The number of furan rings is 2. The summed E-state index contributed by atoms with van der Waals surface area (Å²) in [5, 5.41) is 12.6. The molecule has 5 nitrogen and oxygen atoms in total. The first-order valence-electron chi connectivity index (χ1n) is 17.5. The topological polar surface area (TPSA) is 63.0 Å². The highest BCUT2D eigenvalue weighted by atomic mass is 16.3. The van der Waals surface area contributed by atoms with Crippen LogP contribution in [-0.4, -0.2) is 11.7 Å². The molecule has 0 bridgehead atoms. The maximum Gasteiger partial charge on any atom is 0.160 e. The van der Waals surface area contributed by atoms with Gasteiger partial charge < -0.3 is 14.2 Å². The summed E-state index contributed by atoms with van der Waals surface area (Å²) in [6.07, 6.45) is -0.402. The van der Waals surface area contributed by atoms with Crippen LogP contribution in [0.25, 0.3) is 76.5 Å². The van der Waals surface area contributed by atoms with Crippen LogP contribution in [0, 0.1) is 0 Å². The summed E-state index contributed by atoms with van der Waals surface area (Å²) >= 11 is 0. The van der Waals surface area contributed by atoms with E-state index >= 15 is 0 Å². The van der Waals surface area contributed by atoms with Crippen LogP contribution >= 0.6 is 0 Å². The second kappa shape index (κ2) is 11.3. The third-order valence-corrected chi connectivity index (χ3v) is 10.3. The number of nitrogens with one attached hydrogen (secondary N) is 1. The first kappa shape index (κ1) is 28.8. The molecule has 8 aromatic carbocycles. The lowest BCUT2D eigenvalue weighted by molar-refractivity contribution is 0.663. The summed E-state index contributed by atoms with van der Waals surface area (Å²) in [7, 11) is 0. The van der Waals surface area contributed by atoms with Crippen molar-refractivity contribution in [2.24, 2.45) is 9.98 Å². The Morgan fingerprint density at radius 1 is 0.462 bits per heavy atom. The maximum absolute atomic E-state index is 6.70. The fourth-order valence-corrected chi connectivity index (χ4v) is 7.74. The number of fused-ring (bicyclic) bond motifs is 8. The van der Waals surface area contributed by atoms with Gasteiger partial charge in [0.15, 0.2) is 5.84 Å². The van der Waals surface area contributed by atoms with Gasteiger partial charge >= 0.3 is 0 Å². The highest BCUT2D eigenvalue weighted by Crippen LogP contribution is 2.40. The van der Waals surface area contributed by atoms with Gasteiger partial charge in [-0.15, -0.1) is 0 Å². The Labute approximate surface area is 298 Å². The molecule has 10 aromatic rings. The van der Waals surface area contributed by atoms with Crippen LogP contribution in [0.3, 0.4) is 0 Å². The molecule has 0 aliphatic carbocycles. The molecular formula is C47H29N3O2. The van der Waals surface area contributed by atoms with Crippen LogP contribution < -0.4 is 5.32 Å². The summed E-state index contributed by atoms with van der Waals surface area (Å²) in [6, 6.07) is 57.0. The Balaban J connectivity index is 1.13. The molecule has 0 spiro atoms. The van der Waals surface area contributed by atoms with Crippen molar-refractivity contribution < 1.29 is 8.83 Å². The highest BCUT2D eigenvalue weighted by Gasteiger charge is 2.26. The van der Waals surface area contributed by atoms with Gasteiger partial charge in [-0.1, -0.05) is 115 Å². The van der Waals surface area contributed by atoms with Gasteiger partial charge in [0.2, 0.25) is 0 Å². The van der Waals surface area contributed by atoms with Crippen molar-refractivity contribution in [3.63, 3.8) is 0 Å². The van der Waals surface area contributed by atoms with Gasteiger partial charge in [-0.2, -0.15) is 0 Å². The van der Waals surface area contributed by atoms with E-state index in [0.717, 1.165) is 82.9 Å². The number of benzene rings is 8. The van der Waals surface area contributed by atoms with E-state index in [9.17, 15) is 0 Å². The average Bonchev–Trinajstić information content (AvgIpc) is 3.79. The van der Waals surface area contributed by atoms with Crippen molar-refractivity contribution in [2.45, 2.75) is 6.17 Å². The summed E-state index contributed by atoms with van der Waals surface area (Å²) in [5.74, 6) is 1.41. The van der Waals surface area contributed by atoms with E-state index in [1.165, 1.54) is 16.2 Å². The molecule has 244 valence electrons. The van der Waals surface area contributed by atoms with Gasteiger partial charge in [0.1, 0.15) is 34.3 Å². The highest BCUT2D eigenvalue weighted by molar-refractivity contribution is 6.24. The third kappa shape index (κ3) is 4.56. The Morgan fingerprint density at radius 3 is 1.87 bits per heavy atom. The molecule has 3 heterocycles. The van der Waals surface area contributed by atoms with Crippen molar-refractivity contribution in [3.8, 4) is 11.1 Å². The summed E-state index contributed by atoms with van der Waals surface area (Å²) < 4.78 is 12.9. The van der Waals surface area contributed by atoms with Crippen LogP contribution in [0.5, 0.6) is 0 Å². The van der Waals surface area contributed by atoms with Crippen LogP contribution in [-0.2, 0) is 0 Å². The van der Waals surface area contributed by atoms with E-state index in [4.69, 9.17) is 18.8 Å². The van der Waals surface area contributed by atoms with Crippen molar-refractivity contribution in [1.82, 2.24) is 5.32 Å². The molecule has 1 N–H and O–H groups in total. The lowest BCUT2D eigenvalue weighted by atomic mass is 9.96. The van der Waals surface area contributed by atoms with Crippen LogP contribution in [0.2, 0.25) is 0 Å². The maximum atomic E-state index is 6.70. The van der Waals surface area contributed by atoms with Gasteiger partial charge in [0.05, 0.1) is 0 Å².